The van der Waals surface area contributed by atoms with Crippen LogP contribution >= 0.6 is 0 Å². The lowest BCUT2D eigenvalue weighted by Gasteiger charge is -2.45. The van der Waals surface area contributed by atoms with Crippen LogP contribution in [-0.2, 0) is 11.2 Å². The summed E-state index contributed by atoms with van der Waals surface area (Å²) in [4.78, 5) is 29.3. The maximum Gasteiger partial charge on any atom is 0.254 e. The van der Waals surface area contributed by atoms with E-state index in [2.05, 4.69) is 11.4 Å². The molecule has 174 valence electrons. The molecule has 0 aromatic heterocycles. The van der Waals surface area contributed by atoms with E-state index in [-0.39, 0.29) is 11.8 Å². The Morgan fingerprint density at radius 1 is 0.912 bits per heavy atom. The number of ether oxygens (including phenoxy) is 3. The minimum atomic E-state index is -0.639. The monoisotopic (exact) mass is 458 g/mol. The lowest BCUT2D eigenvalue weighted by Crippen LogP contribution is -2.49. The van der Waals surface area contributed by atoms with Crippen molar-refractivity contribution in [2.24, 2.45) is 0 Å². The van der Waals surface area contributed by atoms with Crippen molar-refractivity contribution in [2.45, 2.75) is 18.4 Å². The van der Waals surface area contributed by atoms with E-state index in [1.54, 1.807) is 32.4 Å². The summed E-state index contributed by atoms with van der Waals surface area (Å²) in [6.45, 7) is 0.539. The number of rotatable bonds is 5. The number of fused-ring (bicyclic) bond motifs is 4. The molecule has 7 nitrogen and oxygen atoms in total. The van der Waals surface area contributed by atoms with E-state index >= 15 is 0 Å². The minimum absolute atomic E-state index is 0.110. The molecule has 7 heteroatoms. The zero-order valence-electron chi connectivity index (χ0n) is 19.3. The van der Waals surface area contributed by atoms with E-state index in [1.807, 2.05) is 41.3 Å². The Morgan fingerprint density at radius 3 is 2.44 bits per heavy atom. The predicted octanol–water partition coefficient (Wildman–Crippen LogP) is 4.19. The third kappa shape index (κ3) is 3.53. The fourth-order valence-electron chi connectivity index (χ4n) is 5.05. The summed E-state index contributed by atoms with van der Waals surface area (Å²) < 4.78 is 16.3. The standard InChI is InChI=1S/C27H26N2O5/c1-32-18-9-6-8-17(13-18)28-26(30)24-20-14-22(33-2)23(34-3)15-21(20)27(31)29-12-11-16-7-4-5-10-19(16)25(24)29/h4-10,13-15,24-25H,11-12H2,1-3H3,(H,28,30)/t24-,25+/m1/s1. The molecule has 0 fully saturated rings. The Labute approximate surface area is 198 Å². The molecule has 0 bridgehead atoms. The largest absolute Gasteiger partial charge is 0.497 e. The van der Waals surface area contributed by atoms with Gasteiger partial charge in [-0.15, -0.1) is 0 Å². The van der Waals surface area contributed by atoms with Crippen LogP contribution in [-0.4, -0.2) is 44.6 Å². The summed E-state index contributed by atoms with van der Waals surface area (Å²) in [6, 6.07) is 18.3. The Hall–Kier alpha value is -4.00. The number of hydrogen-bond acceptors (Lipinski definition) is 5. The first-order valence-electron chi connectivity index (χ1n) is 11.1. The summed E-state index contributed by atoms with van der Waals surface area (Å²) in [5, 5.41) is 3.04. The van der Waals surface area contributed by atoms with Gasteiger partial charge in [0, 0.05) is 23.9 Å². The second-order valence-corrected chi connectivity index (χ2v) is 8.39. The Kier molecular flexibility index (Phi) is 5.61. The molecule has 34 heavy (non-hydrogen) atoms. The molecule has 2 heterocycles. The third-order valence-corrected chi connectivity index (χ3v) is 6.65. The van der Waals surface area contributed by atoms with Crippen LogP contribution < -0.4 is 19.5 Å². The number of benzene rings is 3. The molecular weight excluding hydrogens is 432 g/mol. The van der Waals surface area contributed by atoms with Crippen LogP contribution in [0, 0.1) is 0 Å². The Balaban J connectivity index is 1.66. The molecule has 0 saturated heterocycles. The molecular formula is C27H26N2O5. The van der Waals surface area contributed by atoms with E-state index in [4.69, 9.17) is 14.2 Å². The zero-order valence-corrected chi connectivity index (χ0v) is 19.3. The summed E-state index contributed by atoms with van der Waals surface area (Å²) in [7, 11) is 4.66. The lowest BCUT2D eigenvalue weighted by atomic mass is 9.75. The number of anilines is 1. The second-order valence-electron chi connectivity index (χ2n) is 8.39. The lowest BCUT2D eigenvalue weighted by molar-refractivity contribution is -0.119. The van der Waals surface area contributed by atoms with Gasteiger partial charge in [0.15, 0.2) is 11.5 Å². The molecule has 0 saturated carbocycles. The quantitative estimate of drug-likeness (QED) is 0.621. The van der Waals surface area contributed by atoms with E-state index in [9.17, 15) is 9.59 Å². The van der Waals surface area contributed by atoms with Crippen molar-refractivity contribution in [3.63, 3.8) is 0 Å². The molecule has 1 N–H and O–H groups in total. The van der Waals surface area contributed by atoms with Crippen LogP contribution in [0.5, 0.6) is 17.2 Å². The van der Waals surface area contributed by atoms with Crippen molar-refractivity contribution in [3.05, 3.63) is 82.9 Å². The number of nitrogens with one attached hydrogen (secondary N) is 1. The van der Waals surface area contributed by atoms with Gasteiger partial charge in [0.25, 0.3) is 5.91 Å². The third-order valence-electron chi connectivity index (χ3n) is 6.65. The summed E-state index contributed by atoms with van der Waals surface area (Å²) in [5.41, 5.74) is 3.85. The van der Waals surface area contributed by atoms with Gasteiger partial charge in [-0.2, -0.15) is 0 Å². The highest BCUT2D eigenvalue weighted by molar-refractivity contribution is 6.05. The summed E-state index contributed by atoms with van der Waals surface area (Å²) >= 11 is 0. The van der Waals surface area contributed by atoms with Gasteiger partial charge < -0.3 is 24.4 Å². The van der Waals surface area contributed by atoms with Crippen molar-refractivity contribution in [3.8, 4) is 17.2 Å². The first-order chi connectivity index (χ1) is 16.5. The number of hydrogen-bond donors (Lipinski definition) is 1. The van der Waals surface area contributed by atoms with Gasteiger partial charge in [0.05, 0.1) is 33.3 Å². The first-order valence-corrected chi connectivity index (χ1v) is 11.1. The second kappa shape index (κ2) is 8.74. The van der Waals surface area contributed by atoms with Crippen molar-refractivity contribution in [1.82, 2.24) is 4.90 Å². The van der Waals surface area contributed by atoms with E-state index in [0.29, 0.717) is 40.6 Å². The molecule has 3 aromatic rings. The highest BCUT2D eigenvalue weighted by atomic mass is 16.5. The molecule has 5 rings (SSSR count). The number of carbonyl (C=O) groups excluding carboxylic acids is 2. The molecule has 0 radical (unpaired) electrons. The Bertz CT molecular complexity index is 1270. The van der Waals surface area contributed by atoms with Crippen LogP contribution in [0.3, 0.4) is 0 Å². The maximum atomic E-state index is 13.9. The fourth-order valence-corrected chi connectivity index (χ4v) is 5.05. The van der Waals surface area contributed by atoms with Crippen LogP contribution in [0.4, 0.5) is 5.69 Å². The van der Waals surface area contributed by atoms with Crippen molar-refractivity contribution < 1.29 is 23.8 Å². The SMILES string of the molecule is COc1cccc(NC(=O)[C@@H]2c3cc(OC)c(OC)cc3C(=O)N3CCc4ccccc4[C@@H]23)c1. The van der Waals surface area contributed by atoms with Crippen LogP contribution in [0.1, 0.15) is 39.0 Å². The Morgan fingerprint density at radius 2 is 1.68 bits per heavy atom. The summed E-state index contributed by atoms with van der Waals surface area (Å²) in [5.74, 6) is 0.623. The first kappa shape index (κ1) is 21.8. The zero-order chi connectivity index (χ0) is 23.8. The predicted molar refractivity (Wildman–Crippen MR) is 128 cm³/mol. The molecule has 2 aliphatic rings. The van der Waals surface area contributed by atoms with Gasteiger partial charge in [-0.05, 0) is 47.4 Å². The molecule has 3 aromatic carbocycles. The van der Waals surface area contributed by atoms with Crippen LogP contribution in [0.25, 0.3) is 0 Å². The van der Waals surface area contributed by atoms with Crippen LogP contribution in [0.15, 0.2) is 60.7 Å². The van der Waals surface area contributed by atoms with Crippen molar-refractivity contribution in [2.75, 3.05) is 33.2 Å². The van der Waals surface area contributed by atoms with E-state index in [1.165, 1.54) is 7.11 Å². The van der Waals surface area contributed by atoms with Gasteiger partial charge in [0.2, 0.25) is 5.91 Å². The smallest absolute Gasteiger partial charge is 0.254 e. The van der Waals surface area contributed by atoms with E-state index in [0.717, 1.165) is 17.5 Å². The average Bonchev–Trinajstić information content (AvgIpc) is 2.88. The summed E-state index contributed by atoms with van der Waals surface area (Å²) in [6.07, 6.45) is 0.741. The highest BCUT2D eigenvalue weighted by Crippen LogP contribution is 2.48. The topological polar surface area (TPSA) is 77.1 Å². The number of amides is 2. The molecule has 0 aliphatic carbocycles. The van der Waals surface area contributed by atoms with Gasteiger partial charge in [-0.3, -0.25) is 9.59 Å². The van der Waals surface area contributed by atoms with Gasteiger partial charge in [-0.1, -0.05) is 30.3 Å². The molecule has 2 amide bonds. The van der Waals surface area contributed by atoms with Gasteiger partial charge in [0.1, 0.15) is 5.75 Å². The maximum absolute atomic E-state index is 13.9. The number of carbonyl (C=O) groups is 2. The minimum Gasteiger partial charge on any atom is -0.497 e. The van der Waals surface area contributed by atoms with Crippen molar-refractivity contribution in [1.29, 1.82) is 0 Å². The van der Waals surface area contributed by atoms with Gasteiger partial charge >= 0.3 is 0 Å². The number of nitrogens with zero attached hydrogens (tertiary/aromatic N) is 1. The fraction of sp³-hybridized carbons (Fsp3) is 0.259. The normalized spacial score (nSPS) is 18.3. The van der Waals surface area contributed by atoms with Gasteiger partial charge in [-0.25, -0.2) is 0 Å². The van der Waals surface area contributed by atoms with Crippen molar-refractivity contribution >= 4 is 17.5 Å². The van der Waals surface area contributed by atoms with E-state index < -0.39 is 12.0 Å². The average molecular weight is 459 g/mol. The molecule has 0 unspecified atom stereocenters. The highest BCUT2D eigenvalue weighted by Gasteiger charge is 2.47. The molecule has 2 atom stereocenters. The number of methoxy groups -OCH3 is 3. The van der Waals surface area contributed by atoms with Crippen LogP contribution in [0.2, 0.25) is 0 Å². The molecule has 0 spiro atoms. The molecule has 2 aliphatic heterocycles.